The Labute approximate surface area is 99.0 Å². The molecule has 1 aliphatic heterocycles. The maximum atomic E-state index is 8.52. The molecule has 1 aliphatic rings. The van der Waals surface area contributed by atoms with Crippen molar-refractivity contribution in [1.29, 1.82) is 0 Å². The van der Waals surface area contributed by atoms with E-state index in [2.05, 4.69) is 17.3 Å². The fraction of sp³-hybridized carbons (Fsp3) is 1.00. The van der Waals surface area contributed by atoms with Crippen molar-refractivity contribution in [3.05, 3.63) is 0 Å². The molecule has 1 saturated heterocycles. The molecule has 16 heavy (non-hydrogen) atoms. The van der Waals surface area contributed by atoms with E-state index in [1.54, 1.807) is 0 Å². The van der Waals surface area contributed by atoms with Gasteiger partial charge in [-0.1, -0.05) is 0 Å². The summed E-state index contributed by atoms with van der Waals surface area (Å²) in [6.07, 6.45) is 3.68. The summed E-state index contributed by atoms with van der Waals surface area (Å²) in [7, 11) is 2.20. The van der Waals surface area contributed by atoms with E-state index in [9.17, 15) is 0 Å². The first-order valence-corrected chi connectivity index (χ1v) is 6.41. The number of nitrogens with zero attached hydrogens (tertiary/aromatic N) is 1. The molecule has 1 rings (SSSR count). The van der Waals surface area contributed by atoms with Crippen LogP contribution < -0.4 is 5.32 Å². The molecule has 0 bridgehead atoms. The van der Waals surface area contributed by atoms with Crippen molar-refractivity contribution in [3.8, 4) is 0 Å². The van der Waals surface area contributed by atoms with Crippen LogP contribution in [0, 0.1) is 5.92 Å². The molecule has 4 heteroatoms. The van der Waals surface area contributed by atoms with Gasteiger partial charge in [0.05, 0.1) is 13.2 Å². The molecule has 1 heterocycles. The van der Waals surface area contributed by atoms with Gasteiger partial charge in [-0.3, -0.25) is 0 Å². The van der Waals surface area contributed by atoms with Gasteiger partial charge in [0.2, 0.25) is 0 Å². The Kier molecular flexibility index (Phi) is 7.76. The predicted molar refractivity (Wildman–Crippen MR) is 65.6 cm³/mol. The van der Waals surface area contributed by atoms with E-state index in [0.29, 0.717) is 6.61 Å². The van der Waals surface area contributed by atoms with Crippen LogP contribution in [0.3, 0.4) is 0 Å². The van der Waals surface area contributed by atoms with Crippen LogP contribution in [0.2, 0.25) is 0 Å². The molecule has 2 N–H and O–H groups in total. The molecule has 0 atom stereocenters. The lowest BCUT2D eigenvalue weighted by molar-refractivity contribution is 0.0904. The zero-order valence-corrected chi connectivity index (χ0v) is 10.5. The maximum Gasteiger partial charge on any atom is 0.0697 e. The molecule has 0 aromatic carbocycles. The van der Waals surface area contributed by atoms with Gasteiger partial charge in [-0.25, -0.2) is 0 Å². The molecule has 0 aromatic rings. The number of hydrogen-bond acceptors (Lipinski definition) is 4. The summed E-state index contributed by atoms with van der Waals surface area (Å²) in [4.78, 5) is 2.40. The van der Waals surface area contributed by atoms with Gasteiger partial charge in [0, 0.05) is 6.61 Å². The Morgan fingerprint density at radius 2 is 2.06 bits per heavy atom. The van der Waals surface area contributed by atoms with E-state index in [-0.39, 0.29) is 6.61 Å². The summed E-state index contributed by atoms with van der Waals surface area (Å²) < 4.78 is 5.19. The van der Waals surface area contributed by atoms with Crippen LogP contribution in [-0.4, -0.2) is 63.1 Å². The summed E-state index contributed by atoms with van der Waals surface area (Å²) in [5, 5.41) is 12.0. The van der Waals surface area contributed by atoms with Crippen molar-refractivity contribution in [2.75, 3.05) is 53.0 Å². The predicted octanol–water partition coefficient (Wildman–Crippen LogP) is 0.317. The molecule has 0 spiro atoms. The summed E-state index contributed by atoms with van der Waals surface area (Å²) in [5.74, 6) is 0.856. The summed E-state index contributed by atoms with van der Waals surface area (Å²) >= 11 is 0. The van der Waals surface area contributed by atoms with Crippen LogP contribution in [0.5, 0.6) is 0 Å². The number of aliphatic hydroxyl groups excluding tert-OH is 1. The number of likely N-dealkylation sites (tertiary alicyclic amines) is 1. The minimum absolute atomic E-state index is 0.128. The number of hydrogen-bond donors (Lipinski definition) is 2. The van der Waals surface area contributed by atoms with E-state index in [0.717, 1.165) is 32.0 Å². The topological polar surface area (TPSA) is 44.7 Å². The maximum absolute atomic E-state index is 8.52. The third-order valence-electron chi connectivity index (χ3n) is 3.15. The van der Waals surface area contributed by atoms with Crippen LogP contribution in [0.4, 0.5) is 0 Å². The molecule has 4 nitrogen and oxygen atoms in total. The summed E-state index contributed by atoms with van der Waals surface area (Å²) in [6, 6.07) is 0. The lowest BCUT2D eigenvalue weighted by atomic mass is 9.97. The molecule has 0 amide bonds. The molecule has 96 valence electrons. The quantitative estimate of drug-likeness (QED) is 0.589. The van der Waals surface area contributed by atoms with Gasteiger partial charge in [-0.05, 0) is 58.4 Å². The minimum atomic E-state index is 0.128. The molecule has 0 saturated carbocycles. The highest BCUT2D eigenvalue weighted by molar-refractivity contribution is 4.71. The van der Waals surface area contributed by atoms with E-state index in [1.807, 2.05) is 0 Å². The number of piperidine rings is 1. The van der Waals surface area contributed by atoms with Gasteiger partial charge >= 0.3 is 0 Å². The van der Waals surface area contributed by atoms with Crippen molar-refractivity contribution in [2.24, 2.45) is 5.92 Å². The van der Waals surface area contributed by atoms with Crippen molar-refractivity contribution < 1.29 is 9.84 Å². The Bertz CT molecular complexity index is 159. The first kappa shape index (κ1) is 13.9. The second kappa shape index (κ2) is 8.93. The largest absolute Gasteiger partial charge is 0.394 e. The third kappa shape index (κ3) is 6.43. The molecular formula is C12H26N2O2. The summed E-state index contributed by atoms with van der Waals surface area (Å²) in [6.45, 7) is 6.00. The Balaban J connectivity index is 1.84. The number of ether oxygens (including phenoxy) is 1. The highest BCUT2D eigenvalue weighted by atomic mass is 16.5. The van der Waals surface area contributed by atoms with E-state index >= 15 is 0 Å². The van der Waals surface area contributed by atoms with Crippen LogP contribution in [0.15, 0.2) is 0 Å². The highest BCUT2D eigenvalue weighted by Gasteiger charge is 2.15. The first-order chi connectivity index (χ1) is 7.83. The Morgan fingerprint density at radius 3 is 2.75 bits per heavy atom. The standard InChI is InChI=1S/C12H26N2O2/c1-14-6-3-12(4-7-14)11-13-5-2-9-16-10-8-15/h12-13,15H,2-11H2,1H3. The smallest absolute Gasteiger partial charge is 0.0697 e. The average Bonchev–Trinajstić information content (AvgIpc) is 2.30. The second-order valence-electron chi connectivity index (χ2n) is 4.64. The van der Waals surface area contributed by atoms with Crippen LogP contribution in [-0.2, 0) is 4.74 Å². The normalized spacial score (nSPS) is 19.1. The van der Waals surface area contributed by atoms with Crippen LogP contribution >= 0.6 is 0 Å². The SMILES string of the molecule is CN1CCC(CNCCCOCCO)CC1. The number of rotatable bonds is 8. The lowest BCUT2D eigenvalue weighted by Gasteiger charge is -2.29. The number of aliphatic hydroxyl groups is 1. The molecule has 0 radical (unpaired) electrons. The first-order valence-electron chi connectivity index (χ1n) is 6.41. The second-order valence-corrected chi connectivity index (χ2v) is 4.64. The van der Waals surface area contributed by atoms with Gasteiger partial charge in [-0.2, -0.15) is 0 Å². The van der Waals surface area contributed by atoms with E-state index < -0.39 is 0 Å². The monoisotopic (exact) mass is 230 g/mol. The highest BCUT2D eigenvalue weighted by Crippen LogP contribution is 2.14. The minimum Gasteiger partial charge on any atom is -0.394 e. The third-order valence-corrected chi connectivity index (χ3v) is 3.15. The van der Waals surface area contributed by atoms with Gasteiger partial charge in [0.1, 0.15) is 0 Å². The van der Waals surface area contributed by atoms with Gasteiger partial charge < -0.3 is 20.1 Å². The van der Waals surface area contributed by atoms with Crippen molar-refractivity contribution in [3.63, 3.8) is 0 Å². The fourth-order valence-corrected chi connectivity index (χ4v) is 2.04. The zero-order chi connectivity index (χ0) is 11.6. The Hall–Kier alpha value is -0.160. The van der Waals surface area contributed by atoms with Crippen molar-refractivity contribution in [1.82, 2.24) is 10.2 Å². The molecule has 0 unspecified atom stereocenters. The molecule has 0 aromatic heterocycles. The van der Waals surface area contributed by atoms with Crippen molar-refractivity contribution >= 4 is 0 Å². The van der Waals surface area contributed by atoms with Gasteiger partial charge in [-0.15, -0.1) is 0 Å². The molecule has 1 fully saturated rings. The fourth-order valence-electron chi connectivity index (χ4n) is 2.04. The molecule has 0 aliphatic carbocycles. The van der Waals surface area contributed by atoms with Crippen LogP contribution in [0.25, 0.3) is 0 Å². The van der Waals surface area contributed by atoms with Gasteiger partial charge in [0.25, 0.3) is 0 Å². The van der Waals surface area contributed by atoms with E-state index in [1.165, 1.54) is 25.9 Å². The lowest BCUT2D eigenvalue weighted by Crippen LogP contribution is -2.35. The number of nitrogens with one attached hydrogen (secondary N) is 1. The van der Waals surface area contributed by atoms with Crippen molar-refractivity contribution in [2.45, 2.75) is 19.3 Å². The van der Waals surface area contributed by atoms with E-state index in [4.69, 9.17) is 9.84 Å². The average molecular weight is 230 g/mol. The zero-order valence-electron chi connectivity index (χ0n) is 10.5. The van der Waals surface area contributed by atoms with Crippen LogP contribution in [0.1, 0.15) is 19.3 Å². The van der Waals surface area contributed by atoms with Gasteiger partial charge in [0.15, 0.2) is 0 Å². The molecular weight excluding hydrogens is 204 g/mol. The Morgan fingerprint density at radius 1 is 1.31 bits per heavy atom. The summed E-state index contributed by atoms with van der Waals surface area (Å²) in [5.41, 5.74) is 0.